The van der Waals surface area contributed by atoms with Gasteiger partial charge in [-0.25, -0.2) is 5.01 Å². The molecule has 1 aliphatic rings. The zero-order valence-corrected chi connectivity index (χ0v) is 8.33. The van der Waals surface area contributed by atoms with E-state index in [2.05, 4.69) is 10.7 Å². The highest BCUT2D eigenvalue weighted by atomic mass is 16.4. The summed E-state index contributed by atoms with van der Waals surface area (Å²) in [7, 11) is 0. The van der Waals surface area contributed by atoms with Gasteiger partial charge in [-0.1, -0.05) is 23.4 Å². The Morgan fingerprint density at radius 3 is 2.67 bits per heavy atom. The van der Waals surface area contributed by atoms with Crippen LogP contribution in [0, 0.1) is 0 Å². The minimum absolute atomic E-state index is 0.477. The molecule has 78 valence electrons. The highest BCUT2D eigenvalue weighted by Gasteiger charge is 2.14. The van der Waals surface area contributed by atoms with Gasteiger partial charge in [0.25, 0.3) is 0 Å². The molecule has 0 saturated heterocycles. The number of hydrazine groups is 2. The van der Waals surface area contributed by atoms with Gasteiger partial charge in [-0.2, -0.15) is 0 Å². The molecule has 0 atom stereocenters. The largest absolute Gasteiger partial charge is 0.409 e. The lowest BCUT2D eigenvalue weighted by Gasteiger charge is -2.21. The number of oxime groups is 1. The molecule has 1 heterocycles. The molecule has 0 aliphatic carbocycles. The zero-order valence-electron chi connectivity index (χ0n) is 8.33. The summed E-state index contributed by atoms with van der Waals surface area (Å²) in [6.45, 7) is 1.70. The van der Waals surface area contributed by atoms with Crippen LogP contribution >= 0.6 is 0 Å². The van der Waals surface area contributed by atoms with Gasteiger partial charge in [0, 0.05) is 12.4 Å². The van der Waals surface area contributed by atoms with Gasteiger partial charge in [0.05, 0.1) is 5.69 Å². The Bertz CT molecular complexity index is 388. The number of anilines is 1. The fraction of sp³-hybridized carbons (Fsp3) is 0.100. The van der Waals surface area contributed by atoms with Crippen LogP contribution in [0.15, 0.2) is 47.9 Å². The van der Waals surface area contributed by atoms with Gasteiger partial charge in [-0.3, -0.25) is 5.01 Å². The van der Waals surface area contributed by atoms with E-state index in [9.17, 15) is 0 Å². The van der Waals surface area contributed by atoms with E-state index in [0.29, 0.717) is 5.84 Å². The molecular formula is C10H12N4O. The van der Waals surface area contributed by atoms with Crippen LogP contribution in [0.25, 0.3) is 0 Å². The van der Waals surface area contributed by atoms with E-state index in [4.69, 9.17) is 5.21 Å². The summed E-state index contributed by atoms with van der Waals surface area (Å²) in [4.78, 5) is 0. The van der Waals surface area contributed by atoms with Crippen molar-refractivity contribution in [3.63, 3.8) is 0 Å². The van der Waals surface area contributed by atoms with Crippen LogP contribution in [0.1, 0.15) is 6.92 Å². The van der Waals surface area contributed by atoms with Gasteiger partial charge in [0.1, 0.15) is 0 Å². The highest BCUT2D eigenvalue weighted by molar-refractivity contribution is 5.80. The van der Waals surface area contributed by atoms with Crippen LogP contribution in [0.5, 0.6) is 0 Å². The smallest absolute Gasteiger partial charge is 0.160 e. The monoisotopic (exact) mass is 204 g/mol. The predicted molar refractivity (Wildman–Crippen MR) is 57.9 cm³/mol. The van der Waals surface area contributed by atoms with Gasteiger partial charge >= 0.3 is 0 Å². The third-order valence-electron chi connectivity index (χ3n) is 2.11. The lowest BCUT2D eigenvalue weighted by atomic mass is 10.3. The summed E-state index contributed by atoms with van der Waals surface area (Å²) < 4.78 is 0. The minimum atomic E-state index is 0.477. The maximum atomic E-state index is 8.61. The predicted octanol–water partition coefficient (Wildman–Crippen LogP) is 1.51. The maximum Gasteiger partial charge on any atom is 0.160 e. The fourth-order valence-corrected chi connectivity index (χ4v) is 1.28. The van der Waals surface area contributed by atoms with Crippen molar-refractivity contribution < 1.29 is 5.21 Å². The summed E-state index contributed by atoms with van der Waals surface area (Å²) in [6, 6.07) is 9.83. The molecule has 2 N–H and O–H groups in total. The fourth-order valence-electron chi connectivity index (χ4n) is 1.28. The molecule has 5 nitrogen and oxygen atoms in total. The Balaban J connectivity index is 2.09. The summed E-state index contributed by atoms with van der Waals surface area (Å²) in [5.74, 6) is 0.477. The Kier molecular flexibility index (Phi) is 2.55. The zero-order chi connectivity index (χ0) is 10.7. The van der Waals surface area contributed by atoms with Crippen LogP contribution in [0.4, 0.5) is 5.69 Å². The van der Waals surface area contributed by atoms with Crippen LogP contribution in [-0.4, -0.2) is 16.1 Å². The summed E-state index contributed by atoms with van der Waals surface area (Å²) >= 11 is 0. The van der Waals surface area contributed by atoms with Crippen molar-refractivity contribution in [3.05, 3.63) is 42.7 Å². The summed E-state index contributed by atoms with van der Waals surface area (Å²) in [5, 5.41) is 15.2. The quantitative estimate of drug-likeness (QED) is 0.315. The standard InChI is InChI=1S/C10H12N4O/c1-9(11-15)13-7-8-14(12-13)10-5-3-2-4-6-10/h2-8,12,15H,1H3. The van der Waals surface area contributed by atoms with E-state index < -0.39 is 0 Å². The molecule has 0 unspecified atom stereocenters. The molecule has 1 aliphatic heterocycles. The van der Waals surface area contributed by atoms with Crippen molar-refractivity contribution in [2.75, 3.05) is 5.01 Å². The second-order valence-corrected chi connectivity index (χ2v) is 3.12. The molecule has 5 heteroatoms. The summed E-state index contributed by atoms with van der Waals surface area (Å²) in [5.41, 5.74) is 4.04. The van der Waals surface area contributed by atoms with Crippen molar-refractivity contribution in [3.8, 4) is 0 Å². The number of nitrogens with zero attached hydrogens (tertiary/aromatic N) is 3. The number of nitrogens with one attached hydrogen (secondary N) is 1. The Morgan fingerprint density at radius 1 is 1.27 bits per heavy atom. The summed E-state index contributed by atoms with van der Waals surface area (Å²) in [6.07, 6.45) is 3.63. The van der Waals surface area contributed by atoms with Gasteiger partial charge in [-0.05, 0) is 19.1 Å². The molecule has 0 radical (unpaired) electrons. The normalized spacial score (nSPS) is 16.2. The van der Waals surface area contributed by atoms with E-state index in [1.807, 2.05) is 41.5 Å². The van der Waals surface area contributed by atoms with Gasteiger partial charge in [-0.15, -0.1) is 5.53 Å². The van der Waals surface area contributed by atoms with E-state index >= 15 is 0 Å². The number of para-hydroxylation sites is 1. The van der Waals surface area contributed by atoms with Crippen LogP contribution in [-0.2, 0) is 0 Å². The molecule has 1 aromatic rings. The maximum absolute atomic E-state index is 8.61. The van der Waals surface area contributed by atoms with Crippen molar-refractivity contribution in [1.82, 2.24) is 10.5 Å². The second kappa shape index (κ2) is 4.02. The van der Waals surface area contributed by atoms with Crippen molar-refractivity contribution >= 4 is 11.5 Å². The Labute approximate surface area is 87.8 Å². The second-order valence-electron chi connectivity index (χ2n) is 3.12. The lowest BCUT2D eigenvalue weighted by Crippen LogP contribution is -2.41. The molecule has 0 amide bonds. The van der Waals surface area contributed by atoms with Crippen molar-refractivity contribution in [2.24, 2.45) is 5.16 Å². The van der Waals surface area contributed by atoms with Gasteiger partial charge in [0.15, 0.2) is 5.84 Å². The Morgan fingerprint density at radius 2 is 2.00 bits per heavy atom. The van der Waals surface area contributed by atoms with Crippen molar-refractivity contribution in [2.45, 2.75) is 6.92 Å². The average molecular weight is 204 g/mol. The number of amidine groups is 1. The van der Waals surface area contributed by atoms with Crippen LogP contribution in [0.2, 0.25) is 0 Å². The molecule has 15 heavy (non-hydrogen) atoms. The van der Waals surface area contributed by atoms with E-state index in [0.717, 1.165) is 5.69 Å². The Hall–Kier alpha value is -2.01. The number of hydrogen-bond acceptors (Lipinski definition) is 4. The molecule has 2 rings (SSSR count). The molecule has 0 spiro atoms. The SMILES string of the molecule is CC(=NO)N1C=CN(c2ccccc2)N1. The molecule has 0 bridgehead atoms. The van der Waals surface area contributed by atoms with E-state index in [1.165, 1.54) is 0 Å². The third-order valence-corrected chi connectivity index (χ3v) is 2.11. The van der Waals surface area contributed by atoms with E-state index in [1.54, 1.807) is 18.1 Å². The lowest BCUT2D eigenvalue weighted by molar-refractivity contribution is 0.301. The average Bonchev–Trinajstić information content (AvgIpc) is 2.78. The van der Waals surface area contributed by atoms with E-state index in [-0.39, 0.29) is 0 Å². The third kappa shape index (κ3) is 1.92. The molecular weight excluding hydrogens is 192 g/mol. The first-order valence-electron chi connectivity index (χ1n) is 4.58. The first-order valence-corrected chi connectivity index (χ1v) is 4.58. The van der Waals surface area contributed by atoms with Crippen LogP contribution in [0.3, 0.4) is 0 Å². The molecule has 0 saturated carbocycles. The molecule has 1 aromatic carbocycles. The first-order chi connectivity index (χ1) is 7.31. The number of rotatable bonds is 1. The topological polar surface area (TPSA) is 51.1 Å². The molecule has 0 aromatic heterocycles. The van der Waals surface area contributed by atoms with Gasteiger partial charge < -0.3 is 5.21 Å². The minimum Gasteiger partial charge on any atom is -0.409 e. The van der Waals surface area contributed by atoms with Crippen molar-refractivity contribution in [1.29, 1.82) is 0 Å². The number of benzene rings is 1. The highest BCUT2D eigenvalue weighted by Crippen LogP contribution is 2.14. The first kappa shape index (κ1) is 9.54. The number of hydrogen-bond donors (Lipinski definition) is 2. The van der Waals surface area contributed by atoms with Gasteiger partial charge in [0.2, 0.25) is 0 Å². The van der Waals surface area contributed by atoms with Crippen LogP contribution < -0.4 is 10.5 Å². The molecule has 0 fully saturated rings.